The lowest BCUT2D eigenvalue weighted by Gasteiger charge is -2.26. The van der Waals surface area contributed by atoms with E-state index in [0.717, 1.165) is 19.3 Å². The lowest BCUT2D eigenvalue weighted by molar-refractivity contribution is -0.146. The maximum Gasteiger partial charge on any atom is 0.328 e. The molecule has 1 aliphatic carbocycles. The first kappa shape index (κ1) is 17.7. The minimum Gasteiger partial charge on any atom is -0.467 e. The van der Waals surface area contributed by atoms with Gasteiger partial charge in [-0.15, -0.1) is 10.0 Å². The van der Waals surface area contributed by atoms with E-state index in [-0.39, 0.29) is 18.2 Å². The number of halogens is 1. The first-order chi connectivity index (χ1) is 11.0. The standard InChI is InChI=1S/C15H24FN3O4/c1-23-15(22)12(8-10-3-2-6-17-13(10)20)18-14(21)11(19-16)7-9-4-5-9/h9-12,19H,2-8H2,1H3,(H,17,20)(H,18,21)/t10-,11-,12-/m0/s1. The van der Waals surface area contributed by atoms with Crippen molar-refractivity contribution in [3.63, 3.8) is 0 Å². The molecule has 0 aromatic carbocycles. The number of hydrogen-bond acceptors (Lipinski definition) is 5. The quantitative estimate of drug-likeness (QED) is 0.437. The molecular weight excluding hydrogens is 305 g/mol. The molecule has 0 spiro atoms. The Morgan fingerprint density at radius 1 is 1.30 bits per heavy atom. The molecule has 0 aromatic heterocycles. The van der Waals surface area contributed by atoms with Crippen LogP contribution in [0, 0.1) is 11.8 Å². The highest BCUT2D eigenvalue weighted by Gasteiger charge is 2.34. The third-order valence-corrected chi connectivity index (χ3v) is 4.44. The summed E-state index contributed by atoms with van der Waals surface area (Å²) in [5.41, 5.74) is 1.50. The number of hydrogen-bond donors (Lipinski definition) is 3. The van der Waals surface area contributed by atoms with Crippen molar-refractivity contribution in [2.45, 2.75) is 50.6 Å². The lowest BCUT2D eigenvalue weighted by Crippen LogP contribution is -2.51. The molecule has 1 saturated carbocycles. The zero-order valence-corrected chi connectivity index (χ0v) is 13.3. The molecule has 0 aromatic rings. The molecule has 8 heteroatoms. The Morgan fingerprint density at radius 2 is 2.04 bits per heavy atom. The number of carbonyl (C=O) groups is 3. The van der Waals surface area contributed by atoms with Gasteiger partial charge < -0.3 is 15.4 Å². The summed E-state index contributed by atoms with van der Waals surface area (Å²) in [6.07, 6.45) is 4.03. The van der Waals surface area contributed by atoms with Crippen molar-refractivity contribution in [1.82, 2.24) is 16.2 Å². The summed E-state index contributed by atoms with van der Waals surface area (Å²) in [6.45, 7) is 0.625. The van der Waals surface area contributed by atoms with Crippen LogP contribution in [0.2, 0.25) is 0 Å². The third kappa shape index (κ3) is 5.16. The Bertz CT molecular complexity index is 456. The summed E-state index contributed by atoms with van der Waals surface area (Å²) < 4.78 is 17.6. The van der Waals surface area contributed by atoms with Gasteiger partial charge in [0, 0.05) is 12.5 Å². The van der Waals surface area contributed by atoms with E-state index in [9.17, 15) is 18.9 Å². The highest BCUT2D eigenvalue weighted by molar-refractivity contribution is 5.88. The van der Waals surface area contributed by atoms with Crippen LogP contribution in [0.15, 0.2) is 0 Å². The molecule has 3 N–H and O–H groups in total. The van der Waals surface area contributed by atoms with Crippen LogP contribution in [0.1, 0.15) is 38.5 Å². The fourth-order valence-electron chi connectivity index (χ4n) is 2.86. The van der Waals surface area contributed by atoms with Gasteiger partial charge in [0.1, 0.15) is 12.1 Å². The number of piperidine rings is 1. The number of rotatable bonds is 8. The molecule has 1 heterocycles. The zero-order chi connectivity index (χ0) is 16.8. The van der Waals surface area contributed by atoms with Crippen molar-refractivity contribution in [3.8, 4) is 0 Å². The molecule has 1 aliphatic heterocycles. The van der Waals surface area contributed by atoms with Crippen molar-refractivity contribution in [2.75, 3.05) is 13.7 Å². The first-order valence-electron chi connectivity index (χ1n) is 8.07. The number of ether oxygens (including phenoxy) is 1. The number of carbonyl (C=O) groups excluding carboxylic acids is 3. The Hall–Kier alpha value is -1.70. The van der Waals surface area contributed by atoms with E-state index < -0.39 is 24.0 Å². The number of methoxy groups -OCH3 is 1. The van der Waals surface area contributed by atoms with E-state index in [0.29, 0.717) is 25.3 Å². The van der Waals surface area contributed by atoms with E-state index in [2.05, 4.69) is 10.6 Å². The molecule has 130 valence electrons. The summed E-state index contributed by atoms with van der Waals surface area (Å²) in [6, 6.07) is -1.92. The van der Waals surface area contributed by atoms with Crippen LogP contribution in [0.3, 0.4) is 0 Å². The summed E-state index contributed by atoms with van der Waals surface area (Å²) in [5.74, 6) is -1.33. The average Bonchev–Trinajstić information content (AvgIpc) is 3.37. The second-order valence-electron chi connectivity index (χ2n) is 6.29. The molecular formula is C15H24FN3O4. The van der Waals surface area contributed by atoms with E-state index >= 15 is 0 Å². The summed E-state index contributed by atoms with van der Waals surface area (Å²) in [4.78, 5) is 35.9. The summed E-state index contributed by atoms with van der Waals surface area (Å²) >= 11 is 0. The molecule has 1 saturated heterocycles. The Balaban J connectivity index is 1.94. The minimum atomic E-state index is -0.977. The molecule has 0 radical (unpaired) electrons. The predicted molar refractivity (Wildman–Crippen MR) is 79.7 cm³/mol. The molecule has 23 heavy (non-hydrogen) atoms. The highest BCUT2D eigenvalue weighted by atomic mass is 19.2. The van der Waals surface area contributed by atoms with Gasteiger partial charge in [-0.25, -0.2) is 4.79 Å². The SMILES string of the molecule is COC(=O)[C@H](C[C@@H]1CCCNC1=O)NC(=O)[C@H](CC1CC1)NF. The maximum absolute atomic E-state index is 12.9. The predicted octanol–water partition coefficient (Wildman–Crippen LogP) is 0.203. The number of nitrogens with one attached hydrogen (secondary N) is 3. The molecule has 2 amide bonds. The molecule has 2 rings (SSSR count). The van der Waals surface area contributed by atoms with Crippen molar-refractivity contribution >= 4 is 17.8 Å². The molecule has 7 nitrogen and oxygen atoms in total. The largest absolute Gasteiger partial charge is 0.467 e. The molecule has 2 aliphatic rings. The second-order valence-corrected chi connectivity index (χ2v) is 6.29. The molecule has 2 fully saturated rings. The van der Waals surface area contributed by atoms with Crippen LogP contribution in [-0.4, -0.2) is 43.5 Å². The summed E-state index contributed by atoms with van der Waals surface area (Å²) in [7, 11) is 1.22. The van der Waals surface area contributed by atoms with Crippen molar-refractivity contribution < 1.29 is 23.6 Å². The van der Waals surface area contributed by atoms with Gasteiger partial charge in [-0.05, 0) is 31.6 Å². The Labute approximate surface area is 134 Å². The molecule has 0 bridgehead atoms. The maximum atomic E-state index is 12.9. The van der Waals surface area contributed by atoms with Crippen molar-refractivity contribution in [1.29, 1.82) is 0 Å². The van der Waals surface area contributed by atoms with Crippen molar-refractivity contribution in [3.05, 3.63) is 0 Å². The van der Waals surface area contributed by atoms with E-state index in [1.54, 1.807) is 0 Å². The third-order valence-electron chi connectivity index (χ3n) is 4.44. The first-order valence-corrected chi connectivity index (χ1v) is 8.07. The van der Waals surface area contributed by atoms with Gasteiger partial charge in [-0.2, -0.15) is 0 Å². The van der Waals surface area contributed by atoms with Gasteiger partial charge in [-0.3, -0.25) is 9.59 Å². The fourth-order valence-corrected chi connectivity index (χ4v) is 2.86. The molecule has 3 atom stereocenters. The van der Waals surface area contributed by atoms with Crippen LogP contribution in [-0.2, 0) is 19.1 Å². The van der Waals surface area contributed by atoms with Crippen LogP contribution in [0.4, 0.5) is 4.48 Å². The van der Waals surface area contributed by atoms with Gasteiger partial charge in [0.15, 0.2) is 0 Å². The topological polar surface area (TPSA) is 96.5 Å². The van der Waals surface area contributed by atoms with Gasteiger partial charge in [-0.1, -0.05) is 12.8 Å². The van der Waals surface area contributed by atoms with Gasteiger partial charge in [0.05, 0.1) is 7.11 Å². The average molecular weight is 329 g/mol. The van der Waals surface area contributed by atoms with E-state index in [1.807, 2.05) is 0 Å². The fraction of sp³-hybridized carbons (Fsp3) is 0.800. The highest BCUT2D eigenvalue weighted by Crippen LogP contribution is 2.33. The smallest absolute Gasteiger partial charge is 0.328 e. The van der Waals surface area contributed by atoms with Crippen LogP contribution >= 0.6 is 0 Å². The normalized spacial score (nSPS) is 23.6. The van der Waals surface area contributed by atoms with Crippen molar-refractivity contribution in [2.24, 2.45) is 11.8 Å². The summed E-state index contributed by atoms with van der Waals surface area (Å²) in [5, 5.41) is 5.26. The molecule has 0 unspecified atom stereocenters. The van der Waals surface area contributed by atoms with E-state index in [1.165, 1.54) is 12.6 Å². The van der Waals surface area contributed by atoms with Crippen LogP contribution in [0.5, 0.6) is 0 Å². The number of esters is 1. The van der Waals surface area contributed by atoms with Crippen LogP contribution in [0.25, 0.3) is 0 Å². The van der Waals surface area contributed by atoms with Crippen LogP contribution < -0.4 is 16.2 Å². The monoisotopic (exact) mass is 329 g/mol. The lowest BCUT2D eigenvalue weighted by atomic mass is 9.91. The van der Waals surface area contributed by atoms with E-state index in [4.69, 9.17) is 4.74 Å². The second kappa shape index (κ2) is 8.24. The zero-order valence-electron chi connectivity index (χ0n) is 13.3. The van der Waals surface area contributed by atoms with Gasteiger partial charge >= 0.3 is 5.97 Å². The minimum absolute atomic E-state index is 0.127. The van der Waals surface area contributed by atoms with Gasteiger partial charge in [0.2, 0.25) is 11.8 Å². The van der Waals surface area contributed by atoms with Gasteiger partial charge in [0.25, 0.3) is 0 Å². The Kier molecular flexibility index (Phi) is 6.32. The Morgan fingerprint density at radius 3 is 2.61 bits per heavy atom. The number of amides is 2.